The minimum atomic E-state index is -0.684. The maximum atomic E-state index is 11.4. The van der Waals surface area contributed by atoms with Gasteiger partial charge >= 0.3 is 5.97 Å². The Morgan fingerprint density at radius 1 is 1.03 bits per heavy atom. The fourth-order valence-corrected chi connectivity index (χ4v) is 4.10. The number of ether oxygens (including phenoxy) is 2. The van der Waals surface area contributed by atoms with Crippen LogP contribution in [0, 0.1) is 12.8 Å². The summed E-state index contributed by atoms with van der Waals surface area (Å²) >= 11 is 0. The molecule has 1 atom stereocenters. The lowest BCUT2D eigenvalue weighted by Gasteiger charge is -2.37. The van der Waals surface area contributed by atoms with Gasteiger partial charge in [0.15, 0.2) is 11.5 Å². The van der Waals surface area contributed by atoms with Crippen molar-refractivity contribution in [3.63, 3.8) is 0 Å². The minimum absolute atomic E-state index is 0.0551. The number of carboxylic acids is 1. The Morgan fingerprint density at radius 2 is 1.69 bits per heavy atom. The SMILES string of the molecule is CCOc1ccc(C(c2cccc(C)c2)N2CCC(C(=O)O)CC2)cc1OCC. The van der Waals surface area contributed by atoms with E-state index in [2.05, 4.69) is 48.2 Å². The van der Waals surface area contributed by atoms with Crippen LogP contribution in [0.2, 0.25) is 0 Å². The van der Waals surface area contributed by atoms with Crippen molar-refractivity contribution >= 4 is 5.97 Å². The topological polar surface area (TPSA) is 59.0 Å². The van der Waals surface area contributed by atoms with Gasteiger partial charge in [0.25, 0.3) is 0 Å². The smallest absolute Gasteiger partial charge is 0.306 e. The fourth-order valence-electron chi connectivity index (χ4n) is 4.10. The molecule has 156 valence electrons. The van der Waals surface area contributed by atoms with Crippen molar-refractivity contribution in [2.45, 2.75) is 39.7 Å². The molecule has 5 heteroatoms. The Labute approximate surface area is 173 Å². The molecule has 29 heavy (non-hydrogen) atoms. The number of hydrogen-bond acceptors (Lipinski definition) is 4. The van der Waals surface area contributed by atoms with Gasteiger partial charge in [-0.15, -0.1) is 0 Å². The van der Waals surface area contributed by atoms with Crippen molar-refractivity contribution in [1.82, 2.24) is 4.90 Å². The number of carboxylic acid groups (broad SMARTS) is 1. The third-order valence-corrected chi connectivity index (χ3v) is 5.48. The molecular formula is C24H31NO4. The average molecular weight is 398 g/mol. The molecule has 0 aliphatic carbocycles. The van der Waals surface area contributed by atoms with Crippen LogP contribution in [0.1, 0.15) is 49.4 Å². The van der Waals surface area contributed by atoms with Gasteiger partial charge in [0, 0.05) is 0 Å². The molecule has 0 aromatic heterocycles. The molecule has 1 N–H and O–H groups in total. The highest BCUT2D eigenvalue weighted by Crippen LogP contribution is 2.37. The number of likely N-dealkylation sites (tertiary alicyclic amines) is 1. The first kappa shape index (κ1) is 21.2. The van der Waals surface area contributed by atoms with Gasteiger partial charge in [-0.05, 0) is 70.0 Å². The van der Waals surface area contributed by atoms with Gasteiger partial charge in [0.1, 0.15) is 0 Å². The van der Waals surface area contributed by atoms with Gasteiger partial charge < -0.3 is 14.6 Å². The standard InChI is InChI=1S/C24H31NO4/c1-4-28-21-10-9-20(16-22(21)29-5-2)23(19-8-6-7-17(3)15-19)25-13-11-18(12-14-25)24(26)27/h6-10,15-16,18,23H,4-5,11-14H2,1-3H3,(H,26,27). The molecule has 1 unspecified atom stereocenters. The second-order valence-corrected chi connectivity index (χ2v) is 7.54. The Balaban J connectivity index is 1.97. The summed E-state index contributed by atoms with van der Waals surface area (Å²) < 4.78 is 11.6. The van der Waals surface area contributed by atoms with E-state index in [-0.39, 0.29) is 12.0 Å². The van der Waals surface area contributed by atoms with Crippen LogP contribution in [0.3, 0.4) is 0 Å². The number of carbonyl (C=O) groups is 1. The molecule has 1 aliphatic heterocycles. The Hall–Kier alpha value is -2.53. The molecule has 3 rings (SSSR count). The van der Waals surface area contributed by atoms with E-state index < -0.39 is 5.97 Å². The predicted molar refractivity (Wildman–Crippen MR) is 114 cm³/mol. The van der Waals surface area contributed by atoms with Crippen molar-refractivity contribution in [3.05, 3.63) is 59.2 Å². The molecule has 1 saturated heterocycles. The quantitative estimate of drug-likeness (QED) is 0.701. The highest BCUT2D eigenvalue weighted by Gasteiger charge is 2.30. The lowest BCUT2D eigenvalue weighted by atomic mass is 9.90. The first-order valence-corrected chi connectivity index (χ1v) is 10.5. The van der Waals surface area contributed by atoms with E-state index in [9.17, 15) is 9.90 Å². The summed E-state index contributed by atoms with van der Waals surface area (Å²) in [6.07, 6.45) is 1.35. The third-order valence-electron chi connectivity index (χ3n) is 5.48. The zero-order valence-electron chi connectivity index (χ0n) is 17.6. The highest BCUT2D eigenvalue weighted by molar-refractivity contribution is 5.70. The Bertz CT molecular complexity index is 827. The molecule has 0 amide bonds. The van der Waals surface area contributed by atoms with E-state index in [4.69, 9.17) is 9.47 Å². The predicted octanol–water partition coefficient (Wildman–Crippen LogP) is 4.68. The second kappa shape index (κ2) is 9.79. The zero-order chi connectivity index (χ0) is 20.8. The number of rotatable bonds is 8. The maximum Gasteiger partial charge on any atom is 0.306 e. The largest absolute Gasteiger partial charge is 0.490 e. The molecule has 5 nitrogen and oxygen atoms in total. The van der Waals surface area contributed by atoms with Crippen molar-refractivity contribution in [3.8, 4) is 11.5 Å². The summed E-state index contributed by atoms with van der Waals surface area (Å²) in [7, 11) is 0. The van der Waals surface area contributed by atoms with Crippen LogP contribution >= 0.6 is 0 Å². The molecule has 2 aromatic carbocycles. The fraction of sp³-hybridized carbons (Fsp3) is 0.458. The molecular weight excluding hydrogens is 366 g/mol. The number of nitrogens with zero attached hydrogens (tertiary/aromatic N) is 1. The van der Waals surface area contributed by atoms with Crippen LogP contribution in [0.15, 0.2) is 42.5 Å². The van der Waals surface area contributed by atoms with Gasteiger partial charge in [-0.2, -0.15) is 0 Å². The van der Waals surface area contributed by atoms with E-state index in [1.165, 1.54) is 11.1 Å². The number of piperidine rings is 1. The van der Waals surface area contributed by atoms with Gasteiger partial charge in [-0.25, -0.2) is 0 Å². The summed E-state index contributed by atoms with van der Waals surface area (Å²) in [5.74, 6) is 0.579. The molecule has 1 fully saturated rings. The number of benzene rings is 2. The minimum Gasteiger partial charge on any atom is -0.490 e. The van der Waals surface area contributed by atoms with E-state index >= 15 is 0 Å². The van der Waals surface area contributed by atoms with Crippen molar-refractivity contribution in [2.75, 3.05) is 26.3 Å². The van der Waals surface area contributed by atoms with Crippen LogP contribution in [0.5, 0.6) is 11.5 Å². The summed E-state index contributed by atoms with van der Waals surface area (Å²) in [6, 6.07) is 14.8. The third kappa shape index (κ3) is 5.10. The monoisotopic (exact) mass is 397 g/mol. The van der Waals surface area contributed by atoms with E-state index in [1.807, 2.05) is 19.9 Å². The molecule has 0 radical (unpaired) electrons. The van der Waals surface area contributed by atoms with E-state index in [1.54, 1.807) is 0 Å². The summed E-state index contributed by atoms with van der Waals surface area (Å²) in [4.78, 5) is 13.8. The van der Waals surface area contributed by atoms with Gasteiger partial charge in [-0.3, -0.25) is 9.69 Å². The molecule has 0 bridgehead atoms. The van der Waals surface area contributed by atoms with Crippen molar-refractivity contribution in [1.29, 1.82) is 0 Å². The Morgan fingerprint density at radius 3 is 2.31 bits per heavy atom. The van der Waals surface area contributed by atoms with Crippen LogP contribution in [-0.2, 0) is 4.79 Å². The van der Waals surface area contributed by atoms with Crippen LogP contribution in [0.25, 0.3) is 0 Å². The lowest BCUT2D eigenvalue weighted by molar-refractivity contribution is -0.143. The van der Waals surface area contributed by atoms with Crippen LogP contribution in [-0.4, -0.2) is 42.3 Å². The number of hydrogen-bond donors (Lipinski definition) is 1. The lowest BCUT2D eigenvalue weighted by Crippen LogP contribution is -2.39. The van der Waals surface area contributed by atoms with E-state index in [0.717, 1.165) is 30.2 Å². The normalized spacial score (nSPS) is 16.4. The first-order chi connectivity index (χ1) is 14.0. The van der Waals surface area contributed by atoms with E-state index in [0.29, 0.717) is 26.1 Å². The Kier molecular flexibility index (Phi) is 7.15. The van der Waals surface area contributed by atoms with Gasteiger partial charge in [0.05, 0.1) is 25.2 Å². The molecule has 0 saturated carbocycles. The summed E-state index contributed by atoms with van der Waals surface area (Å²) in [6.45, 7) is 8.70. The van der Waals surface area contributed by atoms with Gasteiger partial charge in [0.2, 0.25) is 0 Å². The second-order valence-electron chi connectivity index (χ2n) is 7.54. The summed E-state index contributed by atoms with van der Waals surface area (Å²) in [5, 5.41) is 9.36. The van der Waals surface area contributed by atoms with Crippen LogP contribution < -0.4 is 9.47 Å². The van der Waals surface area contributed by atoms with Gasteiger partial charge in [-0.1, -0.05) is 35.9 Å². The zero-order valence-corrected chi connectivity index (χ0v) is 17.6. The number of aliphatic carboxylic acids is 1. The number of aryl methyl sites for hydroxylation is 1. The van der Waals surface area contributed by atoms with Crippen LogP contribution in [0.4, 0.5) is 0 Å². The van der Waals surface area contributed by atoms with Crippen molar-refractivity contribution < 1.29 is 19.4 Å². The first-order valence-electron chi connectivity index (χ1n) is 10.5. The average Bonchev–Trinajstić information content (AvgIpc) is 2.71. The summed E-state index contributed by atoms with van der Waals surface area (Å²) in [5.41, 5.74) is 3.56. The molecule has 2 aromatic rings. The molecule has 1 aliphatic rings. The van der Waals surface area contributed by atoms with Crippen molar-refractivity contribution in [2.24, 2.45) is 5.92 Å². The highest BCUT2D eigenvalue weighted by atomic mass is 16.5. The maximum absolute atomic E-state index is 11.4. The molecule has 0 spiro atoms. The molecule has 1 heterocycles.